The molecule has 0 radical (unpaired) electrons. The van der Waals surface area contributed by atoms with Crippen molar-refractivity contribution in [3.05, 3.63) is 29.8 Å². The van der Waals surface area contributed by atoms with Gasteiger partial charge in [-0.15, -0.1) is 0 Å². The van der Waals surface area contributed by atoms with Crippen molar-refractivity contribution in [1.82, 2.24) is 19.9 Å². The molecule has 2 aromatic heterocycles. The van der Waals surface area contributed by atoms with Gasteiger partial charge in [-0.2, -0.15) is 4.98 Å². The lowest BCUT2D eigenvalue weighted by Crippen LogP contribution is -2.17. The van der Waals surface area contributed by atoms with Crippen LogP contribution in [0.15, 0.2) is 24.5 Å². The molecule has 10 nitrogen and oxygen atoms in total. The summed E-state index contributed by atoms with van der Waals surface area (Å²) in [6, 6.07) is 3.53. The van der Waals surface area contributed by atoms with E-state index in [0.717, 1.165) is 26.1 Å². The van der Waals surface area contributed by atoms with Crippen LogP contribution in [0.4, 0.5) is 11.6 Å². The first-order chi connectivity index (χ1) is 13.0. The molecule has 148 valence electrons. The summed E-state index contributed by atoms with van der Waals surface area (Å²) in [6.07, 6.45) is 4.68. The number of rotatable bonds is 2. The lowest BCUT2D eigenvalue weighted by molar-refractivity contribution is 0.127. The number of aliphatic hydroxyl groups excluding tert-OH is 1. The highest BCUT2D eigenvalue weighted by atomic mass is 35.5. The molecule has 4 heterocycles. The molecule has 0 unspecified atom stereocenters. The van der Waals surface area contributed by atoms with Gasteiger partial charge in [-0.25, -0.2) is 15.0 Å². The van der Waals surface area contributed by atoms with Gasteiger partial charge in [0.2, 0.25) is 5.28 Å². The van der Waals surface area contributed by atoms with Crippen molar-refractivity contribution in [2.24, 2.45) is 0 Å². The average Bonchev–Trinajstić information content (AvgIpc) is 3.30. The maximum Gasteiger partial charge on any atom is 0.318 e. The van der Waals surface area contributed by atoms with E-state index in [2.05, 4.69) is 19.9 Å². The van der Waals surface area contributed by atoms with E-state index in [-0.39, 0.29) is 17.5 Å². The van der Waals surface area contributed by atoms with Crippen molar-refractivity contribution < 1.29 is 19.3 Å². The Balaban J connectivity index is 0.000000159. The third-order valence-electron chi connectivity index (χ3n) is 3.37. The van der Waals surface area contributed by atoms with Crippen LogP contribution in [0.5, 0.6) is 6.01 Å². The zero-order chi connectivity index (χ0) is 19.5. The Bertz CT molecular complexity index is 666. The average molecular weight is 399 g/mol. The Morgan fingerprint density at radius 1 is 1.00 bits per heavy atom. The van der Waals surface area contributed by atoms with Crippen LogP contribution < -0.4 is 16.2 Å². The molecular formula is C16H23ClN6O4. The first-order valence-corrected chi connectivity index (χ1v) is 8.73. The predicted molar refractivity (Wildman–Crippen MR) is 99.2 cm³/mol. The molecular weight excluding hydrogens is 376 g/mol. The number of halogens is 1. The smallest absolute Gasteiger partial charge is 0.318 e. The number of nitrogens with two attached hydrogens (primary N) is 2. The minimum absolute atomic E-state index is 0.0711. The fraction of sp³-hybridized carbons (Fsp3) is 0.500. The summed E-state index contributed by atoms with van der Waals surface area (Å²) in [5.74, 6) is 0.814. The standard InChI is InChI=1S/C8H11N3O2.C4H4ClN3.C4H8O2/c9-7-1-3-10-8(11-7)13-6-2-4-12-5-6;5-4-7-2-1-3(6)8-4;5-4-1-2-6-3-4/h1,3,6H,2,4-5H2,(H2,9,10,11);1-2H,(H2,6,7,8);4-5H,1-3H2/t6-;;4-/m0.0/s1. The molecule has 2 aromatic rings. The lowest BCUT2D eigenvalue weighted by atomic mass is 10.3. The van der Waals surface area contributed by atoms with E-state index in [0.29, 0.717) is 30.9 Å². The number of nitrogens with zero attached hydrogens (tertiary/aromatic N) is 4. The van der Waals surface area contributed by atoms with Gasteiger partial charge in [-0.1, -0.05) is 0 Å². The van der Waals surface area contributed by atoms with Gasteiger partial charge < -0.3 is 30.8 Å². The van der Waals surface area contributed by atoms with Gasteiger partial charge >= 0.3 is 6.01 Å². The number of anilines is 2. The zero-order valence-corrected chi connectivity index (χ0v) is 15.5. The largest absolute Gasteiger partial charge is 0.458 e. The Kier molecular flexibility index (Phi) is 8.92. The molecule has 2 saturated heterocycles. The highest BCUT2D eigenvalue weighted by Crippen LogP contribution is 2.12. The summed E-state index contributed by atoms with van der Waals surface area (Å²) in [5, 5.41) is 8.79. The van der Waals surface area contributed by atoms with Crippen LogP contribution in [-0.2, 0) is 9.47 Å². The monoisotopic (exact) mass is 398 g/mol. The third kappa shape index (κ3) is 8.78. The van der Waals surface area contributed by atoms with Crippen LogP contribution in [-0.4, -0.2) is 63.7 Å². The Morgan fingerprint density at radius 3 is 2.11 bits per heavy atom. The lowest BCUT2D eigenvalue weighted by Gasteiger charge is -2.08. The Labute approximate surface area is 161 Å². The van der Waals surface area contributed by atoms with Crippen molar-refractivity contribution in [2.45, 2.75) is 25.0 Å². The zero-order valence-electron chi connectivity index (χ0n) is 14.7. The van der Waals surface area contributed by atoms with E-state index in [1.807, 2.05) is 0 Å². The van der Waals surface area contributed by atoms with Crippen LogP contribution in [0.25, 0.3) is 0 Å². The molecule has 4 rings (SSSR count). The fourth-order valence-corrected chi connectivity index (χ4v) is 2.19. The summed E-state index contributed by atoms with van der Waals surface area (Å²) in [5.41, 5.74) is 10.7. The van der Waals surface area contributed by atoms with Gasteiger partial charge in [0.05, 0.1) is 25.9 Å². The molecule has 5 N–H and O–H groups in total. The van der Waals surface area contributed by atoms with Crippen LogP contribution >= 0.6 is 11.6 Å². The summed E-state index contributed by atoms with van der Waals surface area (Å²) in [6.45, 7) is 2.63. The normalized spacial score (nSPS) is 20.8. The second-order valence-corrected chi connectivity index (χ2v) is 5.97. The molecule has 2 atom stereocenters. The third-order valence-corrected chi connectivity index (χ3v) is 3.55. The number of hydrogen-bond acceptors (Lipinski definition) is 10. The molecule has 0 spiro atoms. The highest BCUT2D eigenvalue weighted by Gasteiger charge is 2.18. The van der Waals surface area contributed by atoms with E-state index in [9.17, 15) is 0 Å². The van der Waals surface area contributed by atoms with E-state index in [1.54, 1.807) is 18.3 Å². The first-order valence-electron chi connectivity index (χ1n) is 8.35. The van der Waals surface area contributed by atoms with Gasteiger partial charge in [-0.3, -0.25) is 0 Å². The second-order valence-electron chi connectivity index (χ2n) is 5.64. The van der Waals surface area contributed by atoms with Crippen molar-refractivity contribution >= 4 is 23.2 Å². The van der Waals surface area contributed by atoms with E-state index in [1.165, 1.54) is 6.20 Å². The molecule has 0 bridgehead atoms. The molecule has 27 heavy (non-hydrogen) atoms. The summed E-state index contributed by atoms with van der Waals surface area (Å²) < 4.78 is 15.4. The van der Waals surface area contributed by atoms with Crippen LogP contribution in [0, 0.1) is 0 Å². The topological polar surface area (TPSA) is 152 Å². The van der Waals surface area contributed by atoms with Gasteiger partial charge in [0.25, 0.3) is 0 Å². The second kappa shape index (κ2) is 11.4. The van der Waals surface area contributed by atoms with Crippen molar-refractivity contribution in [3.8, 4) is 6.01 Å². The SMILES string of the molecule is Nc1ccnc(Cl)n1.Nc1ccnc(O[C@H]2CCOC2)n1.O[C@H]1CCOC1. The molecule has 2 aliphatic heterocycles. The van der Waals surface area contributed by atoms with Crippen molar-refractivity contribution in [1.29, 1.82) is 0 Å². The number of ether oxygens (including phenoxy) is 3. The summed E-state index contributed by atoms with van der Waals surface area (Å²) in [7, 11) is 0. The quantitative estimate of drug-likeness (QED) is 0.616. The van der Waals surface area contributed by atoms with Crippen LogP contribution in [0.3, 0.4) is 0 Å². The van der Waals surface area contributed by atoms with E-state index in [4.69, 9.17) is 42.4 Å². The molecule has 0 aromatic carbocycles. The van der Waals surface area contributed by atoms with Gasteiger partial charge in [0.1, 0.15) is 17.7 Å². The highest BCUT2D eigenvalue weighted by molar-refractivity contribution is 6.28. The van der Waals surface area contributed by atoms with Crippen molar-refractivity contribution in [2.75, 3.05) is 37.9 Å². The number of hydrogen-bond donors (Lipinski definition) is 3. The minimum atomic E-state index is -0.176. The van der Waals surface area contributed by atoms with Gasteiger partial charge in [0, 0.05) is 25.4 Å². The van der Waals surface area contributed by atoms with Crippen molar-refractivity contribution in [3.63, 3.8) is 0 Å². The fourth-order valence-electron chi connectivity index (χ4n) is 2.04. The maximum atomic E-state index is 8.60. The Morgan fingerprint density at radius 2 is 1.67 bits per heavy atom. The Hall–Kier alpha value is -2.27. The molecule has 2 fully saturated rings. The number of nitrogen functional groups attached to an aromatic ring is 2. The van der Waals surface area contributed by atoms with Crippen LogP contribution in [0.2, 0.25) is 5.28 Å². The summed E-state index contributed by atoms with van der Waals surface area (Å²) in [4.78, 5) is 15.1. The van der Waals surface area contributed by atoms with E-state index >= 15 is 0 Å². The maximum absolute atomic E-state index is 8.60. The first kappa shape index (κ1) is 21.0. The predicted octanol–water partition coefficient (Wildman–Crippen LogP) is 0.706. The number of aromatic nitrogens is 4. The molecule has 0 aliphatic carbocycles. The molecule has 2 aliphatic rings. The summed E-state index contributed by atoms with van der Waals surface area (Å²) >= 11 is 5.34. The van der Waals surface area contributed by atoms with Gasteiger partial charge in [0.15, 0.2) is 0 Å². The van der Waals surface area contributed by atoms with E-state index < -0.39 is 0 Å². The molecule has 0 saturated carbocycles. The number of aliphatic hydroxyl groups is 1. The van der Waals surface area contributed by atoms with Crippen LogP contribution in [0.1, 0.15) is 12.8 Å². The van der Waals surface area contributed by atoms with Gasteiger partial charge in [-0.05, 0) is 30.2 Å². The minimum Gasteiger partial charge on any atom is -0.458 e. The molecule has 0 amide bonds. The molecule has 11 heteroatoms.